The molecule has 2 aromatic carbocycles. The molecule has 0 bridgehead atoms. The largest absolute Gasteiger partial charge is 0.497 e. The van der Waals surface area contributed by atoms with Gasteiger partial charge in [0.1, 0.15) is 5.75 Å². The second-order valence-corrected chi connectivity index (χ2v) is 8.43. The molecule has 0 saturated carbocycles. The first-order valence-corrected chi connectivity index (χ1v) is 11.7. The maximum absolute atomic E-state index is 13.3. The van der Waals surface area contributed by atoms with Gasteiger partial charge in [-0.25, -0.2) is 9.69 Å². The molecule has 4 aromatic rings. The molecule has 36 heavy (non-hydrogen) atoms. The van der Waals surface area contributed by atoms with Crippen molar-refractivity contribution in [1.82, 2.24) is 29.9 Å². The van der Waals surface area contributed by atoms with Gasteiger partial charge >= 0.3 is 0 Å². The Kier molecular flexibility index (Phi) is 6.48. The molecule has 1 fully saturated rings. The number of hydrazine groups is 1. The Morgan fingerprint density at radius 3 is 2.53 bits per heavy atom. The summed E-state index contributed by atoms with van der Waals surface area (Å²) in [4.78, 5) is 30.8. The molecule has 1 saturated heterocycles. The Hall–Kier alpha value is -4.47. The van der Waals surface area contributed by atoms with Gasteiger partial charge < -0.3 is 9.26 Å². The average molecular weight is 487 g/mol. The van der Waals surface area contributed by atoms with E-state index in [1.807, 2.05) is 61.5 Å². The first-order valence-electron chi connectivity index (χ1n) is 11.7. The number of ether oxygens (including phenoxy) is 1. The highest BCUT2D eigenvalue weighted by molar-refractivity contribution is 5.96. The third-order valence-electron chi connectivity index (χ3n) is 6.16. The molecule has 0 atom stereocenters. The summed E-state index contributed by atoms with van der Waals surface area (Å²) in [6.45, 7) is 2.81. The van der Waals surface area contributed by atoms with Crippen molar-refractivity contribution >= 4 is 11.8 Å². The van der Waals surface area contributed by atoms with Gasteiger partial charge in [0.05, 0.1) is 30.3 Å². The van der Waals surface area contributed by atoms with Crippen molar-refractivity contribution in [3.05, 3.63) is 77.9 Å². The molecule has 2 amide bonds. The number of rotatable bonds is 7. The predicted molar refractivity (Wildman–Crippen MR) is 130 cm³/mol. The minimum absolute atomic E-state index is 0.149. The summed E-state index contributed by atoms with van der Waals surface area (Å²) in [6.07, 6.45) is 2.71. The zero-order chi connectivity index (χ0) is 25.1. The number of benzene rings is 2. The number of carbonyl (C=O) groups excluding carboxylic acids is 2. The molecular formula is C26H26N6O4. The van der Waals surface area contributed by atoms with Gasteiger partial charge in [-0.2, -0.15) is 10.1 Å². The van der Waals surface area contributed by atoms with Crippen molar-refractivity contribution in [2.24, 2.45) is 0 Å². The normalized spacial score (nSPS) is 13.3. The summed E-state index contributed by atoms with van der Waals surface area (Å²) in [6, 6.07) is 16.9. The number of nitrogens with zero attached hydrogens (tertiary/aromatic N) is 6. The van der Waals surface area contributed by atoms with E-state index in [0.717, 1.165) is 22.7 Å². The molecule has 0 radical (unpaired) electrons. The van der Waals surface area contributed by atoms with Gasteiger partial charge in [-0.1, -0.05) is 23.4 Å². The molecule has 1 aliphatic rings. The number of hydrogen-bond acceptors (Lipinski definition) is 7. The van der Waals surface area contributed by atoms with E-state index in [2.05, 4.69) is 15.2 Å². The van der Waals surface area contributed by atoms with Crippen molar-refractivity contribution in [3.8, 4) is 22.8 Å². The molecule has 2 aromatic heterocycles. The average Bonchev–Trinajstić information content (AvgIpc) is 3.67. The van der Waals surface area contributed by atoms with Crippen LogP contribution in [0.5, 0.6) is 5.75 Å². The van der Waals surface area contributed by atoms with E-state index in [1.165, 1.54) is 10.0 Å². The molecule has 0 N–H and O–H groups in total. The van der Waals surface area contributed by atoms with Crippen molar-refractivity contribution in [2.45, 2.75) is 26.2 Å². The predicted octanol–water partition coefficient (Wildman–Crippen LogP) is 3.46. The van der Waals surface area contributed by atoms with Crippen LogP contribution in [-0.4, -0.2) is 62.0 Å². The van der Waals surface area contributed by atoms with Crippen LogP contribution in [0.15, 0.2) is 65.3 Å². The topological polar surface area (TPSA) is 107 Å². The van der Waals surface area contributed by atoms with Crippen molar-refractivity contribution in [1.29, 1.82) is 0 Å². The molecule has 184 valence electrons. The molecular weight excluding hydrogens is 460 g/mol. The third kappa shape index (κ3) is 4.57. The Balaban J connectivity index is 1.23. The fourth-order valence-corrected chi connectivity index (χ4v) is 4.23. The van der Waals surface area contributed by atoms with Crippen LogP contribution in [0.3, 0.4) is 0 Å². The summed E-state index contributed by atoms with van der Waals surface area (Å²) in [5, 5.41) is 11.4. The van der Waals surface area contributed by atoms with E-state index in [0.29, 0.717) is 36.8 Å². The first-order chi connectivity index (χ1) is 17.5. The van der Waals surface area contributed by atoms with Crippen molar-refractivity contribution in [2.75, 3.05) is 20.2 Å². The SMILES string of the molecule is COc1ccc(-c2noc(CCC(=O)N3CCCN3C(=O)c3cnn(-c4ccccc4)c3C)n2)cc1. The highest BCUT2D eigenvalue weighted by atomic mass is 16.5. The summed E-state index contributed by atoms with van der Waals surface area (Å²) < 4.78 is 12.2. The molecule has 0 aliphatic carbocycles. The lowest BCUT2D eigenvalue weighted by Crippen LogP contribution is -2.45. The maximum Gasteiger partial charge on any atom is 0.275 e. The monoisotopic (exact) mass is 486 g/mol. The fraction of sp³-hybridized carbons (Fsp3) is 0.269. The van der Waals surface area contributed by atoms with E-state index < -0.39 is 0 Å². The van der Waals surface area contributed by atoms with Gasteiger partial charge in [-0.05, 0) is 49.7 Å². The second kappa shape index (κ2) is 10.0. The van der Waals surface area contributed by atoms with Crippen LogP contribution < -0.4 is 4.74 Å². The number of aryl methyl sites for hydroxylation is 1. The lowest BCUT2D eigenvalue weighted by atomic mass is 10.2. The lowest BCUT2D eigenvalue weighted by molar-refractivity contribution is -0.140. The zero-order valence-electron chi connectivity index (χ0n) is 20.1. The number of carbonyl (C=O) groups is 2. The number of aromatic nitrogens is 4. The maximum atomic E-state index is 13.3. The van der Waals surface area contributed by atoms with E-state index >= 15 is 0 Å². The molecule has 0 spiro atoms. The summed E-state index contributed by atoms with van der Waals surface area (Å²) >= 11 is 0. The molecule has 5 rings (SSSR count). The Labute approximate surface area is 208 Å². The number of methoxy groups -OCH3 is 1. The van der Waals surface area contributed by atoms with Crippen molar-refractivity contribution < 1.29 is 18.8 Å². The van der Waals surface area contributed by atoms with Crippen LogP contribution in [0.25, 0.3) is 17.1 Å². The standard InChI is InChI=1S/C26H26N6O4/c1-18-22(17-27-32(18)20-7-4-3-5-8-20)26(34)31-16-6-15-30(31)24(33)14-13-23-28-25(29-36-23)19-9-11-21(35-2)12-10-19/h3-5,7-12,17H,6,13-16H2,1-2H3. The van der Waals surface area contributed by atoms with E-state index in [4.69, 9.17) is 9.26 Å². The van der Waals surface area contributed by atoms with Gasteiger partial charge in [0, 0.05) is 31.5 Å². The number of para-hydroxylation sites is 1. The molecule has 10 nitrogen and oxygen atoms in total. The van der Waals surface area contributed by atoms with Gasteiger partial charge in [-0.3, -0.25) is 14.6 Å². The van der Waals surface area contributed by atoms with Gasteiger partial charge in [0.2, 0.25) is 17.6 Å². The van der Waals surface area contributed by atoms with Crippen LogP contribution in [0.2, 0.25) is 0 Å². The highest BCUT2D eigenvalue weighted by Gasteiger charge is 2.33. The summed E-state index contributed by atoms with van der Waals surface area (Å²) in [7, 11) is 1.60. The van der Waals surface area contributed by atoms with E-state index in [9.17, 15) is 9.59 Å². The Morgan fingerprint density at radius 2 is 1.78 bits per heavy atom. The highest BCUT2D eigenvalue weighted by Crippen LogP contribution is 2.22. The van der Waals surface area contributed by atoms with Crippen LogP contribution in [0.1, 0.15) is 34.8 Å². The smallest absolute Gasteiger partial charge is 0.275 e. The van der Waals surface area contributed by atoms with Gasteiger partial charge in [0.15, 0.2) is 0 Å². The van der Waals surface area contributed by atoms with E-state index in [1.54, 1.807) is 18.0 Å². The first kappa shape index (κ1) is 23.3. The van der Waals surface area contributed by atoms with Gasteiger partial charge in [-0.15, -0.1) is 0 Å². The zero-order valence-corrected chi connectivity index (χ0v) is 20.1. The third-order valence-corrected chi connectivity index (χ3v) is 6.16. The molecule has 3 heterocycles. The Morgan fingerprint density at radius 1 is 1.03 bits per heavy atom. The summed E-state index contributed by atoms with van der Waals surface area (Å²) in [5.41, 5.74) is 2.86. The summed E-state index contributed by atoms with van der Waals surface area (Å²) in [5.74, 6) is 1.15. The van der Waals surface area contributed by atoms with Gasteiger partial charge in [0.25, 0.3) is 5.91 Å². The van der Waals surface area contributed by atoms with Crippen LogP contribution >= 0.6 is 0 Å². The van der Waals surface area contributed by atoms with Crippen LogP contribution in [-0.2, 0) is 11.2 Å². The number of hydrogen-bond donors (Lipinski definition) is 0. The lowest BCUT2D eigenvalue weighted by Gasteiger charge is -2.27. The minimum Gasteiger partial charge on any atom is -0.497 e. The second-order valence-electron chi connectivity index (χ2n) is 8.43. The number of amides is 2. The quantitative estimate of drug-likeness (QED) is 0.394. The Bertz CT molecular complexity index is 1360. The molecule has 1 aliphatic heterocycles. The van der Waals surface area contributed by atoms with Crippen molar-refractivity contribution in [3.63, 3.8) is 0 Å². The molecule has 0 unspecified atom stereocenters. The fourth-order valence-electron chi connectivity index (χ4n) is 4.23. The minimum atomic E-state index is -0.236. The van der Waals surface area contributed by atoms with E-state index in [-0.39, 0.29) is 24.7 Å². The molecule has 10 heteroatoms. The van der Waals surface area contributed by atoms with Crippen LogP contribution in [0.4, 0.5) is 0 Å². The van der Waals surface area contributed by atoms with Crippen LogP contribution in [0, 0.1) is 6.92 Å².